The molecule has 1 atom stereocenters. The Morgan fingerprint density at radius 3 is 2.27 bits per heavy atom. The Bertz CT molecular complexity index is 217. The number of piperazine rings is 1. The van der Waals surface area contributed by atoms with Crippen LogP contribution in [-0.4, -0.2) is 53.6 Å². The van der Waals surface area contributed by atoms with Crippen LogP contribution in [0.15, 0.2) is 0 Å². The molecule has 0 aliphatic carbocycles. The van der Waals surface area contributed by atoms with Crippen molar-refractivity contribution in [1.82, 2.24) is 9.80 Å². The smallest absolute Gasteiger partial charge is 0.0351 e. The Morgan fingerprint density at radius 1 is 1.33 bits per heavy atom. The molecular formula is C12H27N3. The van der Waals surface area contributed by atoms with Crippen LogP contribution in [0.3, 0.4) is 0 Å². The molecule has 1 saturated heterocycles. The third-order valence-electron chi connectivity index (χ3n) is 3.65. The first-order chi connectivity index (χ1) is 6.68. The molecule has 1 fully saturated rings. The van der Waals surface area contributed by atoms with E-state index in [1.807, 2.05) is 0 Å². The van der Waals surface area contributed by atoms with Crippen molar-refractivity contribution in [2.75, 3.05) is 26.7 Å². The van der Waals surface area contributed by atoms with Crippen LogP contribution in [0.1, 0.15) is 34.6 Å². The normalized spacial score (nSPS) is 29.4. The molecular weight excluding hydrogens is 186 g/mol. The van der Waals surface area contributed by atoms with Crippen molar-refractivity contribution in [2.45, 2.75) is 51.7 Å². The van der Waals surface area contributed by atoms with Gasteiger partial charge in [0, 0.05) is 36.8 Å². The Hall–Kier alpha value is -0.120. The maximum Gasteiger partial charge on any atom is 0.0351 e. The first-order valence-electron chi connectivity index (χ1n) is 5.86. The lowest BCUT2D eigenvalue weighted by Gasteiger charge is -2.54. The van der Waals surface area contributed by atoms with E-state index in [1.54, 1.807) is 0 Å². The Kier molecular flexibility index (Phi) is 3.49. The molecule has 3 nitrogen and oxygen atoms in total. The highest BCUT2D eigenvalue weighted by molar-refractivity contribution is 4.97. The van der Waals surface area contributed by atoms with E-state index in [0.717, 1.165) is 19.6 Å². The standard InChI is InChI=1S/C12H27N3/c1-11(2,3)15-9-12(4,5)14(6)8-10(15)7-13/h10H,7-9,13H2,1-6H3. The highest BCUT2D eigenvalue weighted by Crippen LogP contribution is 2.28. The third kappa shape index (κ3) is 2.71. The third-order valence-corrected chi connectivity index (χ3v) is 3.65. The number of rotatable bonds is 1. The Labute approximate surface area is 94.6 Å². The summed E-state index contributed by atoms with van der Waals surface area (Å²) in [5, 5.41) is 0. The average molecular weight is 213 g/mol. The fourth-order valence-corrected chi connectivity index (χ4v) is 2.32. The summed E-state index contributed by atoms with van der Waals surface area (Å²) < 4.78 is 0. The first-order valence-corrected chi connectivity index (χ1v) is 5.86. The van der Waals surface area contributed by atoms with Crippen LogP contribution in [0.5, 0.6) is 0 Å². The van der Waals surface area contributed by atoms with Gasteiger partial charge in [0.05, 0.1) is 0 Å². The average Bonchev–Trinajstić information content (AvgIpc) is 2.07. The van der Waals surface area contributed by atoms with Crippen molar-refractivity contribution < 1.29 is 0 Å². The second kappa shape index (κ2) is 4.04. The van der Waals surface area contributed by atoms with Crippen LogP contribution in [0.2, 0.25) is 0 Å². The highest BCUT2D eigenvalue weighted by Gasteiger charge is 2.40. The van der Waals surface area contributed by atoms with Crippen molar-refractivity contribution >= 4 is 0 Å². The van der Waals surface area contributed by atoms with Crippen molar-refractivity contribution in [3.63, 3.8) is 0 Å². The van der Waals surface area contributed by atoms with E-state index in [2.05, 4.69) is 51.5 Å². The summed E-state index contributed by atoms with van der Waals surface area (Å²) in [6.07, 6.45) is 0. The molecule has 1 unspecified atom stereocenters. The number of nitrogens with zero attached hydrogens (tertiary/aromatic N) is 2. The SMILES string of the molecule is CN1CC(CN)N(C(C)(C)C)CC1(C)C. The van der Waals surface area contributed by atoms with Gasteiger partial charge < -0.3 is 5.73 Å². The molecule has 1 rings (SSSR count). The highest BCUT2D eigenvalue weighted by atomic mass is 15.3. The predicted octanol–water partition coefficient (Wildman–Crippen LogP) is 1.14. The zero-order valence-corrected chi connectivity index (χ0v) is 11.2. The van der Waals surface area contributed by atoms with Crippen LogP contribution in [0.4, 0.5) is 0 Å². The molecule has 0 spiro atoms. The van der Waals surface area contributed by atoms with Gasteiger partial charge in [-0.2, -0.15) is 0 Å². The van der Waals surface area contributed by atoms with Gasteiger partial charge in [-0.25, -0.2) is 0 Å². The number of nitrogens with two attached hydrogens (primary N) is 1. The molecule has 2 N–H and O–H groups in total. The molecule has 1 aliphatic heterocycles. The molecule has 0 radical (unpaired) electrons. The van der Waals surface area contributed by atoms with Gasteiger partial charge in [0.1, 0.15) is 0 Å². The van der Waals surface area contributed by atoms with E-state index in [1.165, 1.54) is 0 Å². The molecule has 0 bridgehead atoms. The fraction of sp³-hybridized carbons (Fsp3) is 1.00. The van der Waals surface area contributed by atoms with Crippen LogP contribution < -0.4 is 5.73 Å². The van der Waals surface area contributed by atoms with E-state index < -0.39 is 0 Å². The number of hydrogen-bond donors (Lipinski definition) is 1. The molecule has 0 amide bonds. The van der Waals surface area contributed by atoms with Crippen LogP contribution in [0.25, 0.3) is 0 Å². The minimum absolute atomic E-state index is 0.211. The van der Waals surface area contributed by atoms with E-state index in [0.29, 0.717) is 6.04 Å². The molecule has 90 valence electrons. The molecule has 1 aliphatic rings. The van der Waals surface area contributed by atoms with Gasteiger partial charge >= 0.3 is 0 Å². The molecule has 0 saturated carbocycles. The zero-order valence-electron chi connectivity index (χ0n) is 11.2. The summed E-state index contributed by atoms with van der Waals surface area (Å²) in [5.74, 6) is 0. The lowest BCUT2D eigenvalue weighted by molar-refractivity contribution is -0.0434. The second-order valence-corrected chi connectivity index (χ2v) is 6.38. The minimum Gasteiger partial charge on any atom is -0.329 e. The minimum atomic E-state index is 0.211. The maximum atomic E-state index is 5.87. The van der Waals surface area contributed by atoms with Gasteiger partial charge in [-0.3, -0.25) is 9.80 Å². The summed E-state index contributed by atoms with van der Waals surface area (Å²) >= 11 is 0. The van der Waals surface area contributed by atoms with Gasteiger partial charge in [0.15, 0.2) is 0 Å². The van der Waals surface area contributed by atoms with Crippen LogP contribution >= 0.6 is 0 Å². The van der Waals surface area contributed by atoms with E-state index >= 15 is 0 Å². The molecule has 1 heterocycles. The molecule has 0 aromatic carbocycles. The van der Waals surface area contributed by atoms with Gasteiger partial charge in [0.2, 0.25) is 0 Å². The van der Waals surface area contributed by atoms with Crippen molar-refractivity contribution in [2.24, 2.45) is 5.73 Å². The Balaban J connectivity index is 2.85. The largest absolute Gasteiger partial charge is 0.329 e. The number of hydrogen-bond acceptors (Lipinski definition) is 3. The lowest BCUT2D eigenvalue weighted by Crippen LogP contribution is -2.67. The summed E-state index contributed by atoms with van der Waals surface area (Å²) in [6.45, 7) is 14.3. The summed E-state index contributed by atoms with van der Waals surface area (Å²) in [7, 11) is 2.20. The van der Waals surface area contributed by atoms with Crippen molar-refractivity contribution in [3.8, 4) is 0 Å². The van der Waals surface area contributed by atoms with Crippen LogP contribution in [0, 0.1) is 0 Å². The lowest BCUT2D eigenvalue weighted by atomic mass is 9.91. The molecule has 15 heavy (non-hydrogen) atoms. The van der Waals surface area contributed by atoms with Gasteiger partial charge in [0.25, 0.3) is 0 Å². The predicted molar refractivity (Wildman–Crippen MR) is 66.0 cm³/mol. The van der Waals surface area contributed by atoms with Crippen LogP contribution in [-0.2, 0) is 0 Å². The van der Waals surface area contributed by atoms with Crippen molar-refractivity contribution in [3.05, 3.63) is 0 Å². The maximum absolute atomic E-state index is 5.87. The molecule has 0 aromatic rings. The first kappa shape index (κ1) is 12.9. The van der Waals surface area contributed by atoms with Gasteiger partial charge in [-0.15, -0.1) is 0 Å². The van der Waals surface area contributed by atoms with Gasteiger partial charge in [-0.1, -0.05) is 0 Å². The van der Waals surface area contributed by atoms with E-state index in [9.17, 15) is 0 Å². The van der Waals surface area contributed by atoms with Gasteiger partial charge in [-0.05, 0) is 41.7 Å². The quantitative estimate of drug-likeness (QED) is 0.709. The summed E-state index contributed by atoms with van der Waals surface area (Å²) in [6, 6.07) is 0.489. The van der Waals surface area contributed by atoms with E-state index in [-0.39, 0.29) is 11.1 Å². The summed E-state index contributed by atoms with van der Waals surface area (Å²) in [4.78, 5) is 4.97. The number of likely N-dealkylation sites (N-methyl/N-ethyl adjacent to an activating group) is 1. The Morgan fingerprint density at radius 2 is 1.87 bits per heavy atom. The second-order valence-electron chi connectivity index (χ2n) is 6.38. The topological polar surface area (TPSA) is 32.5 Å². The molecule has 0 aromatic heterocycles. The monoisotopic (exact) mass is 213 g/mol. The van der Waals surface area contributed by atoms with E-state index in [4.69, 9.17) is 5.73 Å². The summed E-state index contributed by atoms with van der Waals surface area (Å²) in [5.41, 5.74) is 6.33. The van der Waals surface area contributed by atoms with Crippen molar-refractivity contribution in [1.29, 1.82) is 0 Å². The zero-order chi connectivity index (χ0) is 11.9. The molecule has 3 heteroatoms. The fourth-order valence-electron chi connectivity index (χ4n) is 2.32.